The van der Waals surface area contributed by atoms with Crippen molar-refractivity contribution in [3.63, 3.8) is 0 Å². The highest BCUT2D eigenvalue weighted by Gasteiger charge is 2.35. The first kappa shape index (κ1) is 12.3. The summed E-state index contributed by atoms with van der Waals surface area (Å²) in [5, 5.41) is 5.41. The van der Waals surface area contributed by atoms with Crippen LogP contribution in [-0.2, 0) is 9.57 Å². The van der Waals surface area contributed by atoms with E-state index < -0.39 is 0 Å². The normalized spacial score (nSPS) is 32.4. The third kappa shape index (κ3) is 3.70. The van der Waals surface area contributed by atoms with Gasteiger partial charge in [0, 0.05) is 39.0 Å². The molecule has 0 radical (unpaired) electrons. The molecular weight excluding hydrogens is 204 g/mol. The van der Waals surface area contributed by atoms with Crippen LogP contribution in [0.1, 0.15) is 33.6 Å². The number of nitrogens with one attached hydrogen (secondary N) is 1. The van der Waals surface area contributed by atoms with Crippen molar-refractivity contribution in [2.24, 2.45) is 0 Å². The molecule has 0 bridgehead atoms. The van der Waals surface area contributed by atoms with Gasteiger partial charge in [-0.05, 0) is 20.8 Å². The molecule has 4 heteroatoms. The molecule has 1 saturated carbocycles. The van der Waals surface area contributed by atoms with Crippen LogP contribution in [0.25, 0.3) is 0 Å². The summed E-state index contributed by atoms with van der Waals surface area (Å²) in [6.07, 6.45) is 2.86. The molecule has 1 heterocycles. The number of hydroxylamine groups is 2. The molecule has 2 aliphatic rings. The second kappa shape index (κ2) is 5.00. The van der Waals surface area contributed by atoms with Crippen molar-refractivity contribution in [3.05, 3.63) is 0 Å². The van der Waals surface area contributed by atoms with E-state index in [9.17, 15) is 0 Å². The topological polar surface area (TPSA) is 33.7 Å². The molecule has 2 rings (SSSR count). The molecule has 0 spiro atoms. The molecule has 0 atom stereocenters. The summed E-state index contributed by atoms with van der Waals surface area (Å²) in [5.74, 6) is 0. The lowest BCUT2D eigenvalue weighted by atomic mass is 9.91. The highest BCUT2D eigenvalue weighted by atomic mass is 16.7. The Bertz CT molecular complexity index is 216. The van der Waals surface area contributed by atoms with Gasteiger partial charge in [0.15, 0.2) is 0 Å². The molecule has 16 heavy (non-hydrogen) atoms. The van der Waals surface area contributed by atoms with Crippen molar-refractivity contribution < 1.29 is 9.57 Å². The van der Waals surface area contributed by atoms with Gasteiger partial charge in [-0.15, -0.1) is 0 Å². The number of piperazine rings is 1. The predicted octanol–water partition coefficient (Wildman–Crippen LogP) is 1.17. The average molecular weight is 228 g/mol. The molecule has 1 saturated heterocycles. The van der Waals surface area contributed by atoms with Gasteiger partial charge >= 0.3 is 0 Å². The molecule has 2 fully saturated rings. The Morgan fingerprint density at radius 3 is 2.25 bits per heavy atom. The van der Waals surface area contributed by atoms with Gasteiger partial charge in [0.05, 0.1) is 17.8 Å². The molecule has 94 valence electrons. The lowest BCUT2D eigenvalue weighted by molar-refractivity contribution is -0.252. The number of nitrogens with zero attached hydrogens (tertiary/aromatic N) is 1. The highest BCUT2D eigenvalue weighted by molar-refractivity contribution is 4.83. The minimum absolute atomic E-state index is 0.0231. The smallest absolute Gasteiger partial charge is 0.0842 e. The fraction of sp³-hybridized carbons (Fsp3) is 1.00. The summed E-state index contributed by atoms with van der Waals surface area (Å²) in [5.41, 5.74) is -0.0231. The molecule has 1 N–H and O–H groups in total. The van der Waals surface area contributed by atoms with Gasteiger partial charge in [0.2, 0.25) is 0 Å². The first-order valence-corrected chi connectivity index (χ1v) is 6.33. The molecule has 1 aliphatic carbocycles. The fourth-order valence-electron chi connectivity index (χ4n) is 2.16. The second-order valence-electron chi connectivity index (χ2n) is 5.73. The summed E-state index contributed by atoms with van der Waals surface area (Å²) in [6, 6.07) is 0. The lowest BCUT2D eigenvalue weighted by Crippen LogP contribution is -2.49. The first-order chi connectivity index (χ1) is 7.53. The predicted molar refractivity (Wildman–Crippen MR) is 63.2 cm³/mol. The first-order valence-electron chi connectivity index (χ1n) is 6.33. The van der Waals surface area contributed by atoms with E-state index in [2.05, 4.69) is 31.2 Å². The average Bonchev–Trinajstić information content (AvgIpc) is 2.14. The van der Waals surface area contributed by atoms with Crippen LogP contribution in [0.2, 0.25) is 0 Å². The van der Waals surface area contributed by atoms with Crippen LogP contribution >= 0.6 is 0 Å². The van der Waals surface area contributed by atoms with Crippen LogP contribution in [0, 0.1) is 0 Å². The lowest BCUT2D eigenvalue weighted by Gasteiger charge is -2.41. The second-order valence-corrected chi connectivity index (χ2v) is 5.73. The summed E-state index contributed by atoms with van der Waals surface area (Å²) >= 11 is 0. The third-order valence-corrected chi connectivity index (χ3v) is 2.95. The molecule has 0 aromatic carbocycles. The molecular formula is C12H24N2O2. The summed E-state index contributed by atoms with van der Waals surface area (Å²) < 4.78 is 5.88. The van der Waals surface area contributed by atoms with Gasteiger partial charge in [-0.3, -0.25) is 4.84 Å². The largest absolute Gasteiger partial charge is 0.372 e. The molecule has 4 nitrogen and oxygen atoms in total. The van der Waals surface area contributed by atoms with Crippen molar-refractivity contribution in [3.8, 4) is 0 Å². The Morgan fingerprint density at radius 2 is 1.69 bits per heavy atom. The molecule has 0 aromatic rings. The Hall–Kier alpha value is -0.160. The van der Waals surface area contributed by atoms with Crippen molar-refractivity contribution in [1.29, 1.82) is 0 Å². The van der Waals surface area contributed by atoms with E-state index in [1.54, 1.807) is 0 Å². The van der Waals surface area contributed by atoms with Crippen LogP contribution in [0.5, 0.6) is 0 Å². The van der Waals surface area contributed by atoms with Crippen LogP contribution in [0.15, 0.2) is 0 Å². The fourth-order valence-corrected chi connectivity index (χ4v) is 2.16. The Morgan fingerprint density at radius 1 is 1.06 bits per heavy atom. The van der Waals surface area contributed by atoms with Crippen LogP contribution in [0.3, 0.4) is 0 Å². The molecule has 0 aromatic heterocycles. The monoisotopic (exact) mass is 228 g/mol. The van der Waals surface area contributed by atoms with Gasteiger partial charge < -0.3 is 10.1 Å². The zero-order chi connectivity index (χ0) is 11.6. The van der Waals surface area contributed by atoms with Gasteiger partial charge in [-0.1, -0.05) is 0 Å². The minimum Gasteiger partial charge on any atom is -0.372 e. The van der Waals surface area contributed by atoms with E-state index in [-0.39, 0.29) is 5.60 Å². The van der Waals surface area contributed by atoms with E-state index in [1.165, 1.54) is 0 Å². The summed E-state index contributed by atoms with van der Waals surface area (Å²) in [4.78, 5) is 5.89. The number of rotatable bonds is 3. The van der Waals surface area contributed by atoms with Gasteiger partial charge in [-0.2, -0.15) is 5.06 Å². The van der Waals surface area contributed by atoms with Crippen molar-refractivity contribution >= 4 is 0 Å². The Labute approximate surface area is 98.2 Å². The maximum Gasteiger partial charge on any atom is 0.0842 e. The van der Waals surface area contributed by atoms with Crippen LogP contribution < -0.4 is 5.32 Å². The van der Waals surface area contributed by atoms with E-state index in [4.69, 9.17) is 9.57 Å². The summed E-state index contributed by atoms with van der Waals surface area (Å²) in [7, 11) is 0. The maximum absolute atomic E-state index is 5.89. The van der Waals surface area contributed by atoms with E-state index in [0.717, 1.165) is 39.0 Å². The molecule has 1 aliphatic heterocycles. The quantitative estimate of drug-likeness (QED) is 0.786. The standard InChI is InChI=1S/C12H24N2O2/c1-12(2,3)15-10-8-11(9-10)16-14-6-4-13-5-7-14/h10-11,13H,4-9H2,1-3H3. The van der Waals surface area contributed by atoms with Gasteiger partial charge in [-0.25, -0.2) is 0 Å². The van der Waals surface area contributed by atoms with Crippen molar-refractivity contribution in [1.82, 2.24) is 10.4 Å². The number of hydrogen-bond acceptors (Lipinski definition) is 4. The highest BCUT2D eigenvalue weighted by Crippen LogP contribution is 2.30. The number of hydrogen-bond donors (Lipinski definition) is 1. The van der Waals surface area contributed by atoms with Crippen LogP contribution in [0.4, 0.5) is 0 Å². The van der Waals surface area contributed by atoms with E-state index >= 15 is 0 Å². The number of ether oxygens (including phenoxy) is 1. The van der Waals surface area contributed by atoms with E-state index in [1.807, 2.05) is 0 Å². The van der Waals surface area contributed by atoms with Crippen LogP contribution in [-0.4, -0.2) is 49.1 Å². The van der Waals surface area contributed by atoms with Crippen molar-refractivity contribution in [2.45, 2.75) is 51.4 Å². The SMILES string of the molecule is CC(C)(C)OC1CC(ON2CCNCC2)C1. The zero-order valence-electron chi connectivity index (χ0n) is 10.7. The zero-order valence-corrected chi connectivity index (χ0v) is 10.7. The molecule has 0 amide bonds. The Kier molecular flexibility index (Phi) is 3.85. The maximum atomic E-state index is 5.89. The van der Waals surface area contributed by atoms with Gasteiger partial charge in [0.1, 0.15) is 0 Å². The summed E-state index contributed by atoms with van der Waals surface area (Å²) in [6.45, 7) is 10.4. The minimum atomic E-state index is -0.0231. The van der Waals surface area contributed by atoms with Crippen molar-refractivity contribution in [2.75, 3.05) is 26.2 Å². The van der Waals surface area contributed by atoms with E-state index in [0.29, 0.717) is 12.2 Å². The molecule has 0 unspecified atom stereocenters. The Balaban J connectivity index is 1.61. The van der Waals surface area contributed by atoms with Gasteiger partial charge in [0.25, 0.3) is 0 Å². The third-order valence-electron chi connectivity index (χ3n) is 2.95.